The van der Waals surface area contributed by atoms with Gasteiger partial charge in [0.05, 0.1) is 5.56 Å². The fourth-order valence-corrected chi connectivity index (χ4v) is 2.30. The van der Waals surface area contributed by atoms with Gasteiger partial charge in [0.2, 0.25) is 0 Å². The molecule has 1 unspecified atom stereocenters. The minimum atomic E-state index is -4.56. The Labute approximate surface area is 134 Å². The Morgan fingerprint density at radius 1 is 1.35 bits per heavy atom. The molecule has 1 aromatic heterocycles. The molecule has 1 aromatic carbocycles. The van der Waals surface area contributed by atoms with Gasteiger partial charge in [0.25, 0.3) is 0 Å². The second kappa shape index (κ2) is 6.41. The molecule has 1 N–H and O–H groups in total. The molecule has 0 amide bonds. The highest BCUT2D eigenvalue weighted by molar-refractivity contribution is 6.30. The number of hydrogen-bond acceptors (Lipinski definition) is 4. The summed E-state index contributed by atoms with van der Waals surface area (Å²) < 4.78 is 39.3. The van der Waals surface area contributed by atoms with E-state index < -0.39 is 28.5 Å². The maximum Gasteiger partial charge on any atom is 0.416 e. The molecule has 1 atom stereocenters. The summed E-state index contributed by atoms with van der Waals surface area (Å²) in [6.45, 7) is 1.46. The van der Waals surface area contributed by atoms with Crippen molar-refractivity contribution in [3.8, 4) is 0 Å². The van der Waals surface area contributed by atoms with Crippen LogP contribution in [-0.2, 0) is 6.18 Å². The minimum absolute atomic E-state index is 0.0260. The average molecular weight is 346 g/mol. The van der Waals surface area contributed by atoms with E-state index in [-0.39, 0.29) is 16.3 Å². The van der Waals surface area contributed by atoms with Crippen LogP contribution in [-0.4, -0.2) is 9.91 Å². The molecule has 0 bridgehead atoms. The lowest BCUT2D eigenvalue weighted by Gasteiger charge is -2.20. The topological polar surface area (TPSA) is 68.1 Å². The third-order valence-electron chi connectivity index (χ3n) is 3.12. The lowest BCUT2D eigenvalue weighted by molar-refractivity contribution is -0.388. The van der Waals surface area contributed by atoms with Crippen molar-refractivity contribution in [1.82, 2.24) is 4.98 Å². The number of anilines is 1. The second-order valence-electron chi connectivity index (χ2n) is 4.73. The predicted octanol–water partition coefficient (Wildman–Crippen LogP) is 4.84. The maximum absolute atomic E-state index is 13.1. The molecular formula is C14H11ClF3N3O2. The number of nitrogens with one attached hydrogen (secondary N) is 1. The average Bonchev–Trinajstić information content (AvgIpc) is 2.46. The SMILES string of the molecule is CC(Nc1cccnc1[N+](=O)[O-])c1cc(Cl)ccc1C(F)(F)F. The Morgan fingerprint density at radius 2 is 2.04 bits per heavy atom. The van der Waals surface area contributed by atoms with Crippen LogP contribution in [0.15, 0.2) is 36.5 Å². The van der Waals surface area contributed by atoms with Gasteiger partial charge in [-0.3, -0.25) is 0 Å². The van der Waals surface area contributed by atoms with E-state index in [0.29, 0.717) is 0 Å². The first-order valence-electron chi connectivity index (χ1n) is 6.42. The molecule has 0 saturated carbocycles. The summed E-state index contributed by atoms with van der Waals surface area (Å²) in [6.07, 6.45) is -3.33. The van der Waals surface area contributed by atoms with E-state index in [1.165, 1.54) is 31.3 Å². The second-order valence-corrected chi connectivity index (χ2v) is 5.16. The van der Waals surface area contributed by atoms with Crippen molar-refractivity contribution >= 4 is 23.1 Å². The van der Waals surface area contributed by atoms with Crippen molar-refractivity contribution < 1.29 is 18.1 Å². The van der Waals surface area contributed by atoms with Gasteiger partial charge in [-0.2, -0.15) is 13.2 Å². The summed E-state index contributed by atoms with van der Waals surface area (Å²) in [5, 5.41) is 13.7. The van der Waals surface area contributed by atoms with Gasteiger partial charge < -0.3 is 15.4 Å². The zero-order valence-corrected chi connectivity index (χ0v) is 12.5. The van der Waals surface area contributed by atoms with E-state index in [2.05, 4.69) is 10.3 Å². The summed E-state index contributed by atoms with van der Waals surface area (Å²) in [4.78, 5) is 13.8. The van der Waals surface area contributed by atoms with Gasteiger partial charge in [-0.25, -0.2) is 0 Å². The molecule has 0 radical (unpaired) electrons. The van der Waals surface area contributed by atoms with Crippen molar-refractivity contribution in [3.63, 3.8) is 0 Å². The minimum Gasteiger partial charge on any atom is -0.372 e. The number of pyridine rings is 1. The van der Waals surface area contributed by atoms with Crippen molar-refractivity contribution in [2.24, 2.45) is 0 Å². The summed E-state index contributed by atoms with van der Waals surface area (Å²) in [5.41, 5.74) is -0.935. The van der Waals surface area contributed by atoms with Crippen molar-refractivity contribution in [2.45, 2.75) is 19.1 Å². The molecule has 0 spiro atoms. The third kappa shape index (κ3) is 3.89. The van der Waals surface area contributed by atoms with Crippen LogP contribution in [0.3, 0.4) is 0 Å². The van der Waals surface area contributed by atoms with Crippen LogP contribution in [0.25, 0.3) is 0 Å². The highest BCUT2D eigenvalue weighted by atomic mass is 35.5. The highest BCUT2D eigenvalue weighted by Gasteiger charge is 2.34. The lowest BCUT2D eigenvalue weighted by Crippen LogP contribution is -2.16. The number of nitro groups is 1. The summed E-state index contributed by atoms with van der Waals surface area (Å²) in [7, 11) is 0. The first kappa shape index (κ1) is 17.0. The number of benzene rings is 1. The van der Waals surface area contributed by atoms with Crippen LogP contribution < -0.4 is 5.32 Å². The maximum atomic E-state index is 13.1. The van der Waals surface area contributed by atoms with Crippen LogP contribution in [0, 0.1) is 10.1 Å². The van der Waals surface area contributed by atoms with Crippen LogP contribution in [0.2, 0.25) is 5.02 Å². The molecule has 2 aromatic rings. The number of hydrogen-bond donors (Lipinski definition) is 1. The molecule has 1 heterocycles. The molecule has 0 aliphatic heterocycles. The number of nitrogens with zero attached hydrogens (tertiary/aromatic N) is 2. The van der Waals surface area contributed by atoms with E-state index in [4.69, 9.17) is 11.6 Å². The van der Waals surface area contributed by atoms with Gasteiger partial charge in [0, 0.05) is 11.1 Å². The van der Waals surface area contributed by atoms with Gasteiger partial charge in [-0.1, -0.05) is 11.6 Å². The zero-order chi connectivity index (χ0) is 17.2. The van der Waals surface area contributed by atoms with E-state index >= 15 is 0 Å². The molecule has 2 rings (SSSR count). The van der Waals surface area contributed by atoms with Gasteiger partial charge in [-0.05, 0) is 52.7 Å². The van der Waals surface area contributed by atoms with E-state index in [1.54, 1.807) is 0 Å². The quantitative estimate of drug-likeness (QED) is 0.636. The van der Waals surface area contributed by atoms with Gasteiger partial charge in [0.15, 0.2) is 0 Å². The van der Waals surface area contributed by atoms with Crippen molar-refractivity contribution in [2.75, 3.05) is 5.32 Å². The lowest BCUT2D eigenvalue weighted by atomic mass is 10.0. The predicted molar refractivity (Wildman–Crippen MR) is 79.4 cm³/mol. The monoisotopic (exact) mass is 345 g/mol. The Balaban J connectivity index is 2.41. The molecule has 0 aliphatic carbocycles. The fourth-order valence-electron chi connectivity index (χ4n) is 2.12. The summed E-state index contributed by atoms with van der Waals surface area (Å²) >= 11 is 5.78. The number of aromatic nitrogens is 1. The van der Waals surface area contributed by atoms with Crippen LogP contribution in [0.4, 0.5) is 24.7 Å². The number of halogens is 4. The molecule has 122 valence electrons. The molecule has 0 aliphatic rings. The fraction of sp³-hybridized carbons (Fsp3) is 0.214. The number of alkyl halides is 3. The van der Waals surface area contributed by atoms with E-state index in [1.807, 2.05) is 0 Å². The summed E-state index contributed by atoms with van der Waals surface area (Å²) in [6, 6.07) is 5.17. The molecule has 5 nitrogen and oxygen atoms in total. The standard InChI is InChI=1S/C14H11ClF3N3O2/c1-8(20-12-3-2-6-19-13(12)21(22)23)10-7-9(15)4-5-11(10)14(16,17)18/h2-8,20H,1H3. The van der Waals surface area contributed by atoms with Crippen LogP contribution in [0.1, 0.15) is 24.1 Å². The van der Waals surface area contributed by atoms with E-state index in [0.717, 1.165) is 12.1 Å². The van der Waals surface area contributed by atoms with Crippen LogP contribution in [0.5, 0.6) is 0 Å². The Kier molecular flexibility index (Phi) is 4.74. The number of rotatable bonds is 4. The van der Waals surface area contributed by atoms with E-state index in [9.17, 15) is 23.3 Å². The largest absolute Gasteiger partial charge is 0.416 e. The normalized spacial score (nSPS) is 12.7. The van der Waals surface area contributed by atoms with Gasteiger partial charge >= 0.3 is 12.0 Å². The molecule has 9 heteroatoms. The molecule has 0 saturated heterocycles. The molecule has 0 fully saturated rings. The third-order valence-corrected chi connectivity index (χ3v) is 3.35. The van der Waals surface area contributed by atoms with Crippen molar-refractivity contribution in [1.29, 1.82) is 0 Å². The van der Waals surface area contributed by atoms with Crippen LogP contribution >= 0.6 is 11.6 Å². The Hall–Kier alpha value is -2.35. The first-order chi connectivity index (χ1) is 10.7. The Morgan fingerprint density at radius 3 is 2.65 bits per heavy atom. The summed E-state index contributed by atoms with van der Waals surface area (Å²) in [5.74, 6) is -0.463. The highest BCUT2D eigenvalue weighted by Crippen LogP contribution is 2.37. The smallest absolute Gasteiger partial charge is 0.372 e. The van der Waals surface area contributed by atoms with Gasteiger partial charge in [0.1, 0.15) is 11.9 Å². The molecule has 23 heavy (non-hydrogen) atoms. The van der Waals surface area contributed by atoms with Crippen molar-refractivity contribution in [3.05, 3.63) is 62.8 Å². The van der Waals surface area contributed by atoms with Gasteiger partial charge in [-0.15, -0.1) is 0 Å². The molecular weight excluding hydrogens is 335 g/mol. The zero-order valence-electron chi connectivity index (χ0n) is 11.8. The Bertz CT molecular complexity index is 737. The first-order valence-corrected chi connectivity index (χ1v) is 6.80.